The van der Waals surface area contributed by atoms with Crippen LogP contribution in [0.1, 0.15) is 22.3 Å². The van der Waals surface area contributed by atoms with E-state index < -0.39 is 0 Å². The van der Waals surface area contributed by atoms with Crippen molar-refractivity contribution in [2.45, 2.75) is 12.8 Å². The van der Waals surface area contributed by atoms with Gasteiger partial charge < -0.3 is 0 Å². The summed E-state index contributed by atoms with van der Waals surface area (Å²) < 4.78 is 2.19. The van der Waals surface area contributed by atoms with Gasteiger partial charge in [-0.25, -0.2) is 9.97 Å². The maximum atomic E-state index is 5.04. The highest BCUT2D eigenvalue weighted by Crippen LogP contribution is 2.50. The lowest BCUT2D eigenvalue weighted by Gasteiger charge is -2.12. The van der Waals surface area contributed by atoms with Gasteiger partial charge in [-0.1, -0.05) is 42.5 Å². The minimum atomic E-state index is 0.888. The zero-order valence-electron chi connectivity index (χ0n) is 18.8. The van der Waals surface area contributed by atoms with Gasteiger partial charge in [0.2, 0.25) is 0 Å². The van der Waals surface area contributed by atoms with Crippen LogP contribution in [0.2, 0.25) is 0 Å². The normalized spacial score (nSPS) is 13.5. The molecule has 7 aromatic rings. The molecular weight excluding hydrogens is 428 g/mol. The van der Waals surface area contributed by atoms with Gasteiger partial charge in [0.1, 0.15) is 11.2 Å². The highest BCUT2D eigenvalue weighted by atomic mass is 15.1. The summed E-state index contributed by atoms with van der Waals surface area (Å²) in [6.07, 6.45) is 7.67. The van der Waals surface area contributed by atoms with E-state index in [0.717, 1.165) is 45.9 Å². The van der Waals surface area contributed by atoms with Gasteiger partial charge in [0.25, 0.3) is 0 Å². The van der Waals surface area contributed by atoms with Gasteiger partial charge in [-0.2, -0.15) is 0 Å². The third-order valence-electron chi connectivity index (χ3n) is 7.99. The highest BCUT2D eigenvalue weighted by Gasteiger charge is 2.30. The summed E-state index contributed by atoms with van der Waals surface area (Å²) >= 11 is 0. The Morgan fingerprint density at radius 2 is 1.57 bits per heavy atom. The standard InChI is InChI=1S/C31H18N4/c1-2-5-19-17(4-1)14-18-7-8-20-21-9-10-22-29(24(21)15-23(20)28(18)19)25-16-32-13-11-27(25)35-30(22)34-26-6-3-12-33-31(26)35/h1-13,16H,14-15H2. The quantitative estimate of drug-likeness (QED) is 0.243. The van der Waals surface area contributed by atoms with Gasteiger partial charge in [0.05, 0.1) is 5.52 Å². The third kappa shape index (κ3) is 2.11. The molecule has 162 valence electrons. The zero-order chi connectivity index (χ0) is 22.7. The fourth-order valence-corrected chi connectivity index (χ4v) is 6.59. The SMILES string of the molecule is c1ccc2c(c1)Cc1ccc3c(c1-2)Cc1c-3ccc2c1c1cnccc1n1c3ncccc3nc21. The summed E-state index contributed by atoms with van der Waals surface area (Å²) in [5.74, 6) is 0. The molecule has 2 aliphatic carbocycles. The molecule has 4 aromatic heterocycles. The number of aromatic nitrogens is 4. The lowest BCUT2D eigenvalue weighted by atomic mass is 9.95. The summed E-state index contributed by atoms with van der Waals surface area (Å²) in [4.78, 5) is 14.2. The molecule has 0 saturated heterocycles. The van der Waals surface area contributed by atoms with E-state index in [2.05, 4.69) is 69.0 Å². The zero-order valence-corrected chi connectivity index (χ0v) is 18.8. The maximum absolute atomic E-state index is 5.04. The Bertz CT molecular complexity index is 2070. The van der Waals surface area contributed by atoms with Crippen molar-refractivity contribution in [1.29, 1.82) is 0 Å². The Morgan fingerprint density at radius 1 is 0.657 bits per heavy atom. The van der Waals surface area contributed by atoms with Crippen molar-refractivity contribution in [3.05, 3.63) is 108 Å². The summed E-state index contributed by atoms with van der Waals surface area (Å²) in [7, 11) is 0. The number of hydrogen-bond acceptors (Lipinski definition) is 3. The number of fused-ring (bicyclic) bond motifs is 16. The van der Waals surface area contributed by atoms with Crippen LogP contribution < -0.4 is 0 Å². The number of hydrogen-bond donors (Lipinski definition) is 0. The van der Waals surface area contributed by atoms with Gasteiger partial charge in [-0.05, 0) is 81.6 Å². The Balaban J connectivity index is 1.42. The van der Waals surface area contributed by atoms with Gasteiger partial charge in [-0.15, -0.1) is 0 Å². The van der Waals surface area contributed by atoms with Gasteiger partial charge in [-0.3, -0.25) is 9.38 Å². The number of benzene rings is 3. The molecule has 0 atom stereocenters. The first-order valence-electron chi connectivity index (χ1n) is 12.0. The van der Waals surface area contributed by atoms with Crippen LogP contribution >= 0.6 is 0 Å². The first kappa shape index (κ1) is 17.8. The fraction of sp³-hybridized carbons (Fsp3) is 0.0645. The van der Waals surface area contributed by atoms with Crippen molar-refractivity contribution in [2.75, 3.05) is 0 Å². The molecule has 0 spiro atoms. The molecule has 35 heavy (non-hydrogen) atoms. The Kier molecular flexibility index (Phi) is 3.11. The maximum Gasteiger partial charge on any atom is 0.164 e. The second-order valence-corrected chi connectivity index (χ2v) is 9.66. The number of imidazole rings is 1. The van der Waals surface area contributed by atoms with E-state index >= 15 is 0 Å². The van der Waals surface area contributed by atoms with Crippen molar-refractivity contribution in [2.24, 2.45) is 0 Å². The average molecular weight is 447 g/mol. The average Bonchev–Trinajstić information content (AvgIpc) is 3.59. The van der Waals surface area contributed by atoms with Crippen LogP contribution in [-0.4, -0.2) is 19.4 Å². The summed E-state index contributed by atoms with van der Waals surface area (Å²) in [6, 6.07) is 24.2. The molecule has 4 heterocycles. The second-order valence-electron chi connectivity index (χ2n) is 9.66. The molecule has 0 saturated carbocycles. The summed E-state index contributed by atoms with van der Waals surface area (Å²) in [5, 5.41) is 3.58. The predicted octanol–water partition coefficient (Wildman–Crippen LogP) is 6.73. The number of nitrogens with zero attached hydrogens (tertiary/aromatic N) is 4. The largest absolute Gasteiger partial charge is 0.276 e. The Hall–Kier alpha value is -4.57. The molecule has 4 nitrogen and oxygen atoms in total. The van der Waals surface area contributed by atoms with E-state index in [4.69, 9.17) is 4.98 Å². The molecule has 9 rings (SSSR count). The highest BCUT2D eigenvalue weighted by molar-refractivity contribution is 6.17. The second kappa shape index (κ2) is 6.10. The van der Waals surface area contributed by atoms with Crippen LogP contribution in [0.15, 0.2) is 85.3 Å². The fourth-order valence-electron chi connectivity index (χ4n) is 6.59. The summed E-state index contributed by atoms with van der Waals surface area (Å²) in [5.41, 5.74) is 15.1. The van der Waals surface area contributed by atoms with E-state index in [1.165, 1.54) is 49.9 Å². The van der Waals surface area contributed by atoms with Gasteiger partial charge in [0.15, 0.2) is 5.65 Å². The molecule has 2 aliphatic rings. The van der Waals surface area contributed by atoms with Crippen LogP contribution in [0.3, 0.4) is 0 Å². The van der Waals surface area contributed by atoms with Gasteiger partial charge in [0, 0.05) is 34.7 Å². The molecule has 0 N–H and O–H groups in total. The molecule has 0 aliphatic heterocycles. The van der Waals surface area contributed by atoms with Crippen LogP contribution in [0, 0.1) is 0 Å². The van der Waals surface area contributed by atoms with Crippen LogP contribution in [-0.2, 0) is 12.8 Å². The van der Waals surface area contributed by atoms with Crippen molar-refractivity contribution >= 4 is 38.5 Å². The van der Waals surface area contributed by atoms with Gasteiger partial charge >= 0.3 is 0 Å². The lowest BCUT2D eigenvalue weighted by molar-refractivity contribution is 1.23. The van der Waals surface area contributed by atoms with Crippen LogP contribution in [0.4, 0.5) is 0 Å². The lowest BCUT2D eigenvalue weighted by Crippen LogP contribution is -1.96. The number of pyridine rings is 3. The van der Waals surface area contributed by atoms with E-state index in [1.54, 1.807) is 0 Å². The number of rotatable bonds is 0. The molecule has 0 amide bonds. The monoisotopic (exact) mass is 446 g/mol. The van der Waals surface area contributed by atoms with E-state index in [0.29, 0.717) is 0 Å². The third-order valence-corrected chi connectivity index (χ3v) is 7.99. The van der Waals surface area contributed by atoms with Crippen LogP contribution in [0.5, 0.6) is 0 Å². The summed E-state index contributed by atoms with van der Waals surface area (Å²) in [6.45, 7) is 0. The van der Waals surface area contributed by atoms with E-state index in [1.807, 2.05) is 30.7 Å². The molecule has 0 unspecified atom stereocenters. The van der Waals surface area contributed by atoms with E-state index in [9.17, 15) is 0 Å². The Morgan fingerprint density at radius 3 is 2.57 bits per heavy atom. The predicted molar refractivity (Wildman–Crippen MR) is 140 cm³/mol. The minimum absolute atomic E-state index is 0.888. The molecule has 0 radical (unpaired) electrons. The minimum Gasteiger partial charge on any atom is -0.276 e. The smallest absolute Gasteiger partial charge is 0.164 e. The molecule has 4 heteroatoms. The van der Waals surface area contributed by atoms with Crippen molar-refractivity contribution in [3.8, 4) is 22.3 Å². The van der Waals surface area contributed by atoms with Crippen molar-refractivity contribution in [3.63, 3.8) is 0 Å². The molecule has 3 aromatic carbocycles. The first-order valence-corrected chi connectivity index (χ1v) is 12.0. The molecule has 0 bridgehead atoms. The van der Waals surface area contributed by atoms with E-state index in [-0.39, 0.29) is 0 Å². The molecule has 0 fully saturated rings. The topological polar surface area (TPSA) is 43.1 Å². The first-order chi connectivity index (χ1) is 17.4. The molecular formula is C31H18N4. The van der Waals surface area contributed by atoms with Crippen LogP contribution in [0.25, 0.3) is 60.7 Å². The van der Waals surface area contributed by atoms with Crippen molar-refractivity contribution in [1.82, 2.24) is 19.4 Å². The Labute approximate surface area is 200 Å². The van der Waals surface area contributed by atoms with Crippen molar-refractivity contribution < 1.29 is 0 Å².